The van der Waals surface area contributed by atoms with Gasteiger partial charge in [0.25, 0.3) is 0 Å². The van der Waals surface area contributed by atoms with E-state index >= 15 is 0 Å². The van der Waals surface area contributed by atoms with Crippen molar-refractivity contribution in [2.45, 2.75) is 0 Å². The zero-order valence-electron chi connectivity index (χ0n) is 9.86. The molecule has 0 heterocycles. The highest BCUT2D eigenvalue weighted by atomic mass is 28.3. The lowest BCUT2D eigenvalue weighted by atomic mass is 11.1. The van der Waals surface area contributed by atoms with E-state index < -0.39 is 16.1 Å². The van der Waals surface area contributed by atoms with Gasteiger partial charge in [0, 0.05) is 0 Å². The van der Waals surface area contributed by atoms with Gasteiger partial charge in [0.15, 0.2) is 0 Å². The molecule has 2 heteroatoms. The van der Waals surface area contributed by atoms with Crippen molar-refractivity contribution in [3.8, 4) is 0 Å². The first kappa shape index (κ1) is 14.6. The normalized spacial score (nSPS) is 11.8. The first-order valence-corrected chi connectivity index (χ1v) is 9.71. The lowest BCUT2D eigenvalue weighted by Gasteiger charge is -2.19. The van der Waals surface area contributed by atoms with Crippen molar-refractivity contribution in [3.05, 3.63) is 85.1 Å². The fourth-order valence-corrected chi connectivity index (χ4v) is 5.32. The van der Waals surface area contributed by atoms with E-state index in [1.165, 1.54) is 0 Å². The maximum absolute atomic E-state index is 3.86. The van der Waals surface area contributed by atoms with Crippen LogP contribution in [0.3, 0.4) is 0 Å². The van der Waals surface area contributed by atoms with Crippen LogP contribution in [0.1, 0.15) is 0 Å². The molecule has 0 N–H and O–H groups in total. The lowest BCUT2D eigenvalue weighted by molar-refractivity contribution is 2.00. The Bertz CT molecular complexity index is 270. The number of hydrogen-bond donors (Lipinski definition) is 0. The maximum atomic E-state index is 3.86. The Morgan fingerprint density at radius 1 is 0.438 bits per heavy atom. The summed E-state index contributed by atoms with van der Waals surface area (Å²) in [4.78, 5) is 0. The van der Waals surface area contributed by atoms with Crippen LogP contribution >= 0.6 is 0 Å². The largest absolute Gasteiger partial charge is 0.148 e. The van der Waals surface area contributed by atoms with E-state index in [-0.39, 0.29) is 0 Å². The van der Waals surface area contributed by atoms with E-state index in [1.54, 1.807) is 0 Å². The van der Waals surface area contributed by atoms with E-state index in [4.69, 9.17) is 0 Å². The molecular formula is C14H20Si2. The highest BCUT2D eigenvalue weighted by Gasteiger charge is 2.22. The fourth-order valence-electron chi connectivity index (χ4n) is 1.20. The molecule has 0 nitrogen and oxygen atoms in total. The van der Waals surface area contributed by atoms with Crippen LogP contribution in [-0.2, 0) is 0 Å². The average molecular weight is 244 g/mol. The van der Waals surface area contributed by atoms with Crippen LogP contribution in [0.25, 0.3) is 0 Å². The van der Waals surface area contributed by atoms with Gasteiger partial charge < -0.3 is 0 Å². The Balaban J connectivity index is 5.34. The Morgan fingerprint density at radius 2 is 0.625 bits per heavy atom. The topological polar surface area (TPSA) is 0 Å². The van der Waals surface area contributed by atoms with Gasteiger partial charge in [0.1, 0.15) is 16.1 Å². The predicted octanol–water partition coefficient (Wildman–Crippen LogP) is 3.87. The molecule has 0 radical (unpaired) electrons. The van der Waals surface area contributed by atoms with Crippen LogP contribution in [0, 0.1) is 0 Å². The average Bonchev–Trinajstić information content (AvgIpc) is 2.37. The maximum Gasteiger partial charge on any atom is 0.148 e. The molecule has 0 aliphatic heterocycles. The van der Waals surface area contributed by atoms with Gasteiger partial charge in [0.2, 0.25) is 0 Å². The third kappa shape index (κ3) is 3.05. The first-order chi connectivity index (χ1) is 7.57. The van der Waals surface area contributed by atoms with Crippen molar-refractivity contribution in [1.82, 2.24) is 0 Å². The van der Waals surface area contributed by atoms with Crippen LogP contribution in [0.2, 0.25) is 0 Å². The summed E-state index contributed by atoms with van der Waals surface area (Å²) in [6.07, 6.45) is 0. The van der Waals surface area contributed by atoms with E-state index in [1.807, 2.05) is 34.2 Å². The summed E-state index contributed by atoms with van der Waals surface area (Å²) in [6, 6.07) is 0. The molecule has 0 aromatic carbocycles. The van der Waals surface area contributed by atoms with Crippen LogP contribution < -0.4 is 0 Å². The second-order valence-electron chi connectivity index (χ2n) is 3.56. The lowest BCUT2D eigenvalue weighted by Crippen LogP contribution is -2.29. The van der Waals surface area contributed by atoms with E-state index in [0.29, 0.717) is 0 Å². The van der Waals surface area contributed by atoms with Gasteiger partial charge in [0.05, 0.1) is 0 Å². The summed E-state index contributed by atoms with van der Waals surface area (Å²) >= 11 is 0. The molecule has 0 amide bonds. The zero-order chi connectivity index (χ0) is 12.7. The van der Waals surface area contributed by atoms with Gasteiger partial charge in [-0.3, -0.25) is 0 Å². The third-order valence-electron chi connectivity index (χ3n) is 2.78. The standard InChI is InChI=1S/C14H20Si2/c1-7-15(8-2,9-3)13-14-16(10-4,11-5)12-6/h7-14H,1-6H2. The summed E-state index contributed by atoms with van der Waals surface area (Å²) in [7, 11) is -3.75. The van der Waals surface area contributed by atoms with Crippen molar-refractivity contribution in [3.63, 3.8) is 0 Å². The van der Waals surface area contributed by atoms with Crippen LogP contribution in [0.15, 0.2) is 85.1 Å². The molecule has 0 bridgehead atoms. The number of hydrogen-bond acceptors (Lipinski definition) is 0. The molecule has 0 unspecified atom stereocenters. The molecule has 16 heavy (non-hydrogen) atoms. The molecule has 0 fully saturated rings. The molecule has 84 valence electrons. The monoisotopic (exact) mass is 244 g/mol. The van der Waals surface area contributed by atoms with Gasteiger partial charge in [-0.2, -0.15) is 0 Å². The Hall–Kier alpha value is -1.39. The molecule has 0 saturated heterocycles. The second kappa shape index (κ2) is 6.25. The molecular weight excluding hydrogens is 224 g/mol. The van der Waals surface area contributed by atoms with E-state index in [0.717, 1.165) is 0 Å². The molecule has 0 spiro atoms. The zero-order valence-corrected chi connectivity index (χ0v) is 11.9. The highest BCUT2D eigenvalue weighted by molar-refractivity contribution is 7.01. The predicted molar refractivity (Wildman–Crippen MR) is 81.8 cm³/mol. The van der Waals surface area contributed by atoms with Crippen LogP contribution in [-0.4, -0.2) is 16.1 Å². The van der Waals surface area contributed by atoms with Crippen molar-refractivity contribution >= 4 is 16.1 Å². The van der Waals surface area contributed by atoms with E-state index in [2.05, 4.69) is 50.9 Å². The summed E-state index contributed by atoms with van der Waals surface area (Å²) in [5.74, 6) is 0. The minimum Gasteiger partial charge on any atom is -0.106 e. The molecule has 0 aromatic rings. The Labute approximate surface area is 101 Å². The Kier molecular flexibility index (Phi) is 5.71. The molecule has 0 saturated carbocycles. The van der Waals surface area contributed by atoms with Gasteiger partial charge >= 0.3 is 0 Å². The molecule has 0 atom stereocenters. The second-order valence-corrected chi connectivity index (χ2v) is 10.7. The summed E-state index contributed by atoms with van der Waals surface area (Å²) in [5.41, 5.74) is 16.0. The molecule has 0 aliphatic carbocycles. The summed E-state index contributed by atoms with van der Waals surface area (Å²) in [5, 5.41) is 0. The fraction of sp³-hybridized carbons (Fsp3) is 0. The molecule has 0 rings (SSSR count). The van der Waals surface area contributed by atoms with Crippen LogP contribution in [0.5, 0.6) is 0 Å². The third-order valence-corrected chi connectivity index (χ3v) is 8.85. The summed E-state index contributed by atoms with van der Waals surface area (Å²) in [6.45, 7) is 23.2. The van der Waals surface area contributed by atoms with E-state index in [9.17, 15) is 0 Å². The minimum atomic E-state index is -1.87. The van der Waals surface area contributed by atoms with Gasteiger partial charge in [-0.25, -0.2) is 0 Å². The minimum absolute atomic E-state index is 1.87. The Morgan fingerprint density at radius 3 is 0.750 bits per heavy atom. The SMILES string of the molecule is C=C[Si](C=C)(C=C)C=C[Si](C=C)(C=C)C=C. The van der Waals surface area contributed by atoms with Crippen LogP contribution in [0.4, 0.5) is 0 Å². The smallest absolute Gasteiger partial charge is 0.106 e. The first-order valence-electron chi connectivity index (χ1n) is 5.09. The summed E-state index contributed by atoms with van der Waals surface area (Å²) < 4.78 is 0. The highest BCUT2D eigenvalue weighted by Crippen LogP contribution is 2.15. The van der Waals surface area contributed by atoms with Crippen molar-refractivity contribution in [1.29, 1.82) is 0 Å². The number of rotatable bonds is 8. The van der Waals surface area contributed by atoms with Gasteiger partial charge in [-0.15, -0.1) is 39.5 Å². The molecule has 0 aromatic heterocycles. The van der Waals surface area contributed by atoms with Gasteiger partial charge in [-0.1, -0.05) is 45.6 Å². The van der Waals surface area contributed by atoms with Crippen molar-refractivity contribution in [2.75, 3.05) is 0 Å². The quantitative estimate of drug-likeness (QED) is 0.569. The molecule has 0 aliphatic rings. The van der Waals surface area contributed by atoms with Gasteiger partial charge in [-0.05, 0) is 0 Å². The van der Waals surface area contributed by atoms with Crippen molar-refractivity contribution in [2.24, 2.45) is 0 Å². The van der Waals surface area contributed by atoms with Crippen molar-refractivity contribution < 1.29 is 0 Å².